The van der Waals surface area contributed by atoms with Crippen molar-refractivity contribution in [2.24, 2.45) is 0 Å². The van der Waals surface area contributed by atoms with Gasteiger partial charge in [0.1, 0.15) is 5.00 Å². The van der Waals surface area contributed by atoms with Gasteiger partial charge >= 0.3 is 5.97 Å². The molecule has 0 aliphatic heterocycles. The zero-order valence-electron chi connectivity index (χ0n) is 17.5. The average molecular weight is 435 g/mol. The van der Waals surface area contributed by atoms with Crippen LogP contribution in [-0.4, -0.2) is 34.5 Å². The Morgan fingerprint density at radius 3 is 2.72 bits per heavy atom. The predicted molar refractivity (Wildman–Crippen MR) is 122 cm³/mol. The molecular formula is C21H30N4O2S2. The van der Waals surface area contributed by atoms with E-state index in [0.29, 0.717) is 10.7 Å². The monoisotopic (exact) mass is 434 g/mol. The van der Waals surface area contributed by atoms with Crippen LogP contribution in [0.4, 0.5) is 5.00 Å². The first-order valence-corrected chi connectivity index (χ1v) is 11.5. The molecule has 0 radical (unpaired) electrons. The van der Waals surface area contributed by atoms with Gasteiger partial charge in [0.25, 0.3) is 0 Å². The third-order valence-corrected chi connectivity index (χ3v) is 6.68. The van der Waals surface area contributed by atoms with Crippen LogP contribution in [-0.2, 0) is 24.1 Å². The molecule has 6 nitrogen and oxygen atoms in total. The van der Waals surface area contributed by atoms with Gasteiger partial charge in [0.2, 0.25) is 0 Å². The smallest absolute Gasteiger partial charge is 0.341 e. The van der Waals surface area contributed by atoms with Crippen LogP contribution in [0.3, 0.4) is 0 Å². The van der Waals surface area contributed by atoms with Crippen molar-refractivity contribution in [2.45, 2.75) is 65.3 Å². The first-order chi connectivity index (χ1) is 14.0. The van der Waals surface area contributed by atoms with Gasteiger partial charge in [-0.15, -0.1) is 11.3 Å². The lowest BCUT2D eigenvalue weighted by Crippen LogP contribution is -2.30. The van der Waals surface area contributed by atoms with E-state index in [-0.39, 0.29) is 5.97 Å². The van der Waals surface area contributed by atoms with Gasteiger partial charge in [-0.2, -0.15) is 5.10 Å². The first-order valence-electron chi connectivity index (χ1n) is 10.3. The lowest BCUT2D eigenvalue weighted by atomic mass is 9.96. The molecule has 0 aromatic carbocycles. The number of rotatable bonds is 6. The van der Waals surface area contributed by atoms with Crippen LogP contribution in [0, 0.1) is 13.8 Å². The number of esters is 1. The molecule has 0 amide bonds. The maximum absolute atomic E-state index is 12.5. The van der Waals surface area contributed by atoms with Crippen LogP contribution in [0.2, 0.25) is 0 Å². The third kappa shape index (κ3) is 5.57. The Hall–Kier alpha value is -1.93. The number of thiophene rings is 1. The number of aromatic nitrogens is 2. The second-order valence-corrected chi connectivity index (χ2v) is 9.01. The van der Waals surface area contributed by atoms with E-state index in [1.165, 1.54) is 36.9 Å². The molecule has 0 saturated heterocycles. The molecule has 3 rings (SSSR count). The summed E-state index contributed by atoms with van der Waals surface area (Å²) in [6.45, 7) is 5.65. The van der Waals surface area contributed by atoms with Crippen LogP contribution in [0.1, 0.15) is 64.3 Å². The van der Waals surface area contributed by atoms with Crippen molar-refractivity contribution in [3.05, 3.63) is 33.5 Å². The molecule has 0 atom stereocenters. The summed E-state index contributed by atoms with van der Waals surface area (Å²) in [6, 6.07) is 2.08. The summed E-state index contributed by atoms with van der Waals surface area (Å²) in [4.78, 5) is 13.8. The van der Waals surface area contributed by atoms with Crippen molar-refractivity contribution in [1.29, 1.82) is 0 Å². The highest BCUT2D eigenvalue weighted by molar-refractivity contribution is 7.80. The van der Waals surface area contributed by atoms with Crippen LogP contribution in [0.25, 0.3) is 0 Å². The van der Waals surface area contributed by atoms with Crippen LogP contribution in [0.15, 0.2) is 6.07 Å². The van der Waals surface area contributed by atoms with Crippen molar-refractivity contribution in [1.82, 2.24) is 15.1 Å². The number of carbonyl (C=O) groups is 1. The standard InChI is InChI=1S/C21H30N4O2S2/c1-14-13-15(2)25(24-14)12-8-11-22-21(28)23-19-18(20(26)27-3)16-9-6-4-5-7-10-17(16)29-19/h13H,4-12H2,1-3H3,(H2,22,23,28). The third-order valence-electron chi connectivity index (χ3n) is 5.22. The van der Waals surface area contributed by atoms with Gasteiger partial charge in [-0.25, -0.2) is 4.79 Å². The number of thiocarbonyl (C=S) groups is 1. The molecule has 0 saturated carbocycles. The molecule has 0 spiro atoms. The van der Waals surface area contributed by atoms with E-state index in [4.69, 9.17) is 17.0 Å². The summed E-state index contributed by atoms with van der Waals surface area (Å²) in [6.07, 6.45) is 7.62. The highest BCUT2D eigenvalue weighted by Crippen LogP contribution is 2.37. The predicted octanol–water partition coefficient (Wildman–Crippen LogP) is 4.38. The fourth-order valence-corrected chi connectivity index (χ4v) is 5.36. The summed E-state index contributed by atoms with van der Waals surface area (Å²) < 4.78 is 7.09. The van der Waals surface area contributed by atoms with Gasteiger partial charge < -0.3 is 15.4 Å². The lowest BCUT2D eigenvalue weighted by Gasteiger charge is -2.12. The Balaban J connectivity index is 1.61. The van der Waals surface area contributed by atoms with Crippen LogP contribution in [0.5, 0.6) is 0 Å². The molecule has 0 bridgehead atoms. The highest BCUT2D eigenvalue weighted by Gasteiger charge is 2.25. The Kier molecular flexibility index (Phi) is 7.66. The Bertz CT molecular complexity index is 872. The van der Waals surface area contributed by atoms with E-state index in [9.17, 15) is 4.79 Å². The molecule has 29 heavy (non-hydrogen) atoms. The summed E-state index contributed by atoms with van der Waals surface area (Å²) in [5, 5.41) is 12.3. The molecule has 2 heterocycles. The molecule has 2 aromatic heterocycles. The largest absolute Gasteiger partial charge is 0.465 e. The van der Waals surface area contributed by atoms with E-state index in [2.05, 4.69) is 28.7 Å². The SMILES string of the molecule is COC(=O)c1c(NC(=S)NCCCn2nc(C)cc2C)sc2c1CCCCCC2. The summed E-state index contributed by atoms with van der Waals surface area (Å²) in [5.41, 5.74) is 4.02. The van der Waals surface area contributed by atoms with E-state index < -0.39 is 0 Å². The van der Waals surface area contributed by atoms with Gasteiger partial charge in [0.15, 0.2) is 5.11 Å². The lowest BCUT2D eigenvalue weighted by molar-refractivity contribution is 0.0601. The zero-order valence-corrected chi connectivity index (χ0v) is 19.1. The number of hydrogen-bond acceptors (Lipinski definition) is 5. The molecule has 0 fully saturated rings. The Morgan fingerprint density at radius 1 is 1.28 bits per heavy atom. The maximum atomic E-state index is 12.5. The quantitative estimate of drug-likeness (QED) is 0.399. The number of nitrogens with zero attached hydrogens (tertiary/aromatic N) is 2. The van der Waals surface area contributed by atoms with Crippen molar-refractivity contribution in [3.8, 4) is 0 Å². The second kappa shape index (κ2) is 10.2. The first kappa shape index (κ1) is 21.8. The van der Waals surface area contributed by atoms with E-state index in [1.54, 1.807) is 11.3 Å². The number of hydrogen-bond donors (Lipinski definition) is 2. The number of nitrogens with one attached hydrogen (secondary N) is 2. The number of aryl methyl sites for hydroxylation is 4. The summed E-state index contributed by atoms with van der Waals surface area (Å²) in [7, 11) is 1.44. The fourth-order valence-electron chi connectivity index (χ4n) is 3.80. The fraction of sp³-hybridized carbons (Fsp3) is 0.571. The zero-order chi connectivity index (χ0) is 20.8. The average Bonchev–Trinajstić information content (AvgIpc) is 3.16. The van der Waals surface area contributed by atoms with Crippen molar-refractivity contribution >= 4 is 39.6 Å². The van der Waals surface area contributed by atoms with Crippen molar-refractivity contribution in [3.63, 3.8) is 0 Å². The van der Waals surface area contributed by atoms with Gasteiger partial charge in [0.05, 0.1) is 18.4 Å². The minimum absolute atomic E-state index is 0.280. The number of ether oxygens (including phenoxy) is 1. The van der Waals surface area contributed by atoms with E-state index in [0.717, 1.165) is 55.0 Å². The minimum Gasteiger partial charge on any atom is -0.465 e. The normalized spacial score (nSPS) is 13.9. The van der Waals surface area contributed by atoms with Crippen molar-refractivity contribution < 1.29 is 9.53 Å². The molecule has 1 aliphatic carbocycles. The molecule has 158 valence electrons. The molecule has 2 N–H and O–H groups in total. The highest BCUT2D eigenvalue weighted by atomic mass is 32.1. The van der Waals surface area contributed by atoms with Gasteiger partial charge in [-0.05, 0) is 69.8 Å². The summed E-state index contributed by atoms with van der Waals surface area (Å²) >= 11 is 7.13. The molecule has 1 aliphatic rings. The summed E-state index contributed by atoms with van der Waals surface area (Å²) in [5.74, 6) is -0.280. The van der Waals surface area contributed by atoms with Gasteiger partial charge in [-0.3, -0.25) is 4.68 Å². The number of carbonyl (C=O) groups excluding carboxylic acids is 1. The van der Waals surface area contributed by atoms with E-state index in [1.807, 2.05) is 11.6 Å². The van der Waals surface area contributed by atoms with E-state index >= 15 is 0 Å². The van der Waals surface area contributed by atoms with Gasteiger partial charge in [0, 0.05) is 23.7 Å². The number of fused-ring (bicyclic) bond motifs is 1. The van der Waals surface area contributed by atoms with Crippen LogP contribution < -0.4 is 10.6 Å². The van der Waals surface area contributed by atoms with Crippen molar-refractivity contribution in [2.75, 3.05) is 19.0 Å². The maximum Gasteiger partial charge on any atom is 0.341 e. The molecule has 2 aromatic rings. The van der Waals surface area contributed by atoms with Gasteiger partial charge in [-0.1, -0.05) is 12.8 Å². The van der Waals surface area contributed by atoms with Crippen LogP contribution >= 0.6 is 23.6 Å². The second-order valence-electron chi connectivity index (χ2n) is 7.50. The Morgan fingerprint density at radius 2 is 2.03 bits per heavy atom. The minimum atomic E-state index is -0.280. The number of anilines is 1. The topological polar surface area (TPSA) is 68.2 Å². The molecular weight excluding hydrogens is 404 g/mol. The Labute approximate surface area is 182 Å². The number of methoxy groups -OCH3 is 1. The molecule has 8 heteroatoms. The molecule has 0 unspecified atom stereocenters.